The van der Waals surface area contributed by atoms with Gasteiger partial charge in [0.25, 0.3) is 11.8 Å². The molecule has 172 valence electrons. The van der Waals surface area contributed by atoms with Gasteiger partial charge < -0.3 is 10.2 Å². The average Bonchev–Trinajstić information content (AvgIpc) is 3.12. The van der Waals surface area contributed by atoms with E-state index in [1.165, 1.54) is 36.1 Å². The minimum Gasteiger partial charge on any atom is -0.326 e. The second-order valence-corrected chi connectivity index (χ2v) is 7.94. The van der Waals surface area contributed by atoms with E-state index in [1.807, 2.05) is 30.3 Å². The first-order valence-electron chi connectivity index (χ1n) is 10.7. The maximum Gasteiger partial charge on any atom is 0.257 e. The highest BCUT2D eigenvalue weighted by molar-refractivity contribution is 6.23. The van der Waals surface area contributed by atoms with Crippen LogP contribution in [0.5, 0.6) is 0 Å². The molecule has 1 unspecified atom stereocenters. The Morgan fingerprint density at radius 1 is 0.971 bits per heavy atom. The van der Waals surface area contributed by atoms with Gasteiger partial charge in [-0.05, 0) is 54.1 Å². The molecule has 0 bridgehead atoms. The fourth-order valence-electron chi connectivity index (χ4n) is 3.89. The van der Waals surface area contributed by atoms with Crippen LogP contribution in [0.1, 0.15) is 29.3 Å². The van der Waals surface area contributed by atoms with Crippen molar-refractivity contribution in [1.29, 1.82) is 0 Å². The lowest BCUT2D eigenvalue weighted by Crippen LogP contribution is -2.45. The minimum absolute atomic E-state index is 0.107. The summed E-state index contributed by atoms with van der Waals surface area (Å²) in [5, 5.41) is 2.63. The van der Waals surface area contributed by atoms with Gasteiger partial charge in [0.1, 0.15) is 11.9 Å². The van der Waals surface area contributed by atoms with Gasteiger partial charge in [0, 0.05) is 24.7 Å². The molecule has 0 spiro atoms. The maximum atomic E-state index is 13.4. The standard InChI is InChI=1S/C26H22FN3O4/c1-17(31)28-21-11-13-22(14-12-21)30-24(32)15-23(26(30)34)29(16-18-5-3-2-4-6-18)25(33)19-7-9-20(27)10-8-19/h2-14,23H,15-16H2,1H3,(H,28,31). The van der Waals surface area contributed by atoms with Crippen molar-refractivity contribution in [2.75, 3.05) is 10.2 Å². The van der Waals surface area contributed by atoms with E-state index in [1.54, 1.807) is 24.3 Å². The summed E-state index contributed by atoms with van der Waals surface area (Å²) in [5.74, 6) is -2.15. The van der Waals surface area contributed by atoms with Crippen LogP contribution in [0.4, 0.5) is 15.8 Å². The number of rotatable bonds is 6. The number of carbonyl (C=O) groups excluding carboxylic acids is 4. The highest BCUT2D eigenvalue weighted by Crippen LogP contribution is 2.29. The molecule has 1 heterocycles. The number of amides is 4. The average molecular weight is 459 g/mol. The fourth-order valence-corrected chi connectivity index (χ4v) is 3.89. The van der Waals surface area contributed by atoms with E-state index < -0.39 is 29.6 Å². The number of imide groups is 1. The summed E-state index contributed by atoms with van der Waals surface area (Å²) in [7, 11) is 0. The van der Waals surface area contributed by atoms with Gasteiger partial charge >= 0.3 is 0 Å². The number of hydrogen-bond donors (Lipinski definition) is 1. The number of nitrogens with zero attached hydrogens (tertiary/aromatic N) is 2. The number of benzene rings is 3. The van der Waals surface area contributed by atoms with Gasteiger partial charge in [-0.1, -0.05) is 30.3 Å². The zero-order chi connectivity index (χ0) is 24.2. The van der Waals surface area contributed by atoms with Gasteiger partial charge in [-0.3, -0.25) is 19.2 Å². The monoisotopic (exact) mass is 459 g/mol. The number of carbonyl (C=O) groups is 4. The van der Waals surface area contributed by atoms with E-state index >= 15 is 0 Å². The number of nitrogens with one attached hydrogen (secondary N) is 1. The zero-order valence-electron chi connectivity index (χ0n) is 18.4. The first-order chi connectivity index (χ1) is 16.3. The molecular weight excluding hydrogens is 437 g/mol. The van der Waals surface area contributed by atoms with Gasteiger partial charge in [0.15, 0.2) is 0 Å². The summed E-state index contributed by atoms with van der Waals surface area (Å²) in [5.41, 5.74) is 1.89. The van der Waals surface area contributed by atoms with E-state index in [4.69, 9.17) is 0 Å². The van der Waals surface area contributed by atoms with Crippen molar-refractivity contribution in [1.82, 2.24) is 4.90 Å². The normalized spacial score (nSPS) is 15.4. The van der Waals surface area contributed by atoms with E-state index in [2.05, 4.69) is 5.32 Å². The van der Waals surface area contributed by atoms with Crippen LogP contribution in [0.2, 0.25) is 0 Å². The number of halogens is 1. The van der Waals surface area contributed by atoms with Crippen molar-refractivity contribution in [2.24, 2.45) is 0 Å². The largest absolute Gasteiger partial charge is 0.326 e. The predicted octanol–water partition coefficient (Wildman–Crippen LogP) is 3.76. The summed E-state index contributed by atoms with van der Waals surface area (Å²) < 4.78 is 13.4. The summed E-state index contributed by atoms with van der Waals surface area (Å²) in [6.07, 6.45) is -0.175. The molecule has 0 saturated carbocycles. The molecule has 0 aromatic heterocycles. The van der Waals surface area contributed by atoms with E-state index in [-0.39, 0.29) is 24.4 Å². The van der Waals surface area contributed by atoms with E-state index in [0.29, 0.717) is 11.4 Å². The Bertz CT molecular complexity index is 1230. The van der Waals surface area contributed by atoms with Crippen LogP contribution >= 0.6 is 0 Å². The molecule has 8 heteroatoms. The Morgan fingerprint density at radius 2 is 1.62 bits per heavy atom. The minimum atomic E-state index is -1.01. The third-order valence-electron chi connectivity index (χ3n) is 5.49. The predicted molar refractivity (Wildman–Crippen MR) is 124 cm³/mol. The lowest BCUT2D eigenvalue weighted by Gasteiger charge is -2.28. The molecule has 1 atom stereocenters. The number of hydrogen-bond acceptors (Lipinski definition) is 4. The molecule has 1 fully saturated rings. The summed E-state index contributed by atoms with van der Waals surface area (Å²) in [6, 6.07) is 19.5. The summed E-state index contributed by atoms with van der Waals surface area (Å²) in [6.45, 7) is 1.49. The fraction of sp³-hybridized carbons (Fsp3) is 0.154. The van der Waals surface area contributed by atoms with Crippen molar-refractivity contribution < 1.29 is 23.6 Å². The smallest absolute Gasteiger partial charge is 0.257 e. The molecule has 3 aromatic rings. The van der Waals surface area contributed by atoms with Crippen LogP contribution in [-0.2, 0) is 20.9 Å². The van der Waals surface area contributed by atoms with Crippen molar-refractivity contribution >= 4 is 35.0 Å². The van der Waals surface area contributed by atoms with Gasteiger partial charge in [0.2, 0.25) is 11.8 Å². The van der Waals surface area contributed by atoms with Crippen molar-refractivity contribution in [3.05, 3.63) is 95.8 Å². The molecule has 1 N–H and O–H groups in total. The topological polar surface area (TPSA) is 86.8 Å². The third kappa shape index (κ3) is 4.85. The Balaban J connectivity index is 1.64. The van der Waals surface area contributed by atoms with Crippen molar-refractivity contribution in [2.45, 2.75) is 25.9 Å². The van der Waals surface area contributed by atoms with Gasteiger partial charge in [-0.15, -0.1) is 0 Å². The first-order valence-corrected chi connectivity index (χ1v) is 10.7. The van der Waals surface area contributed by atoms with Crippen LogP contribution in [0, 0.1) is 5.82 Å². The Morgan fingerprint density at radius 3 is 2.24 bits per heavy atom. The maximum absolute atomic E-state index is 13.4. The molecule has 4 amide bonds. The lowest BCUT2D eigenvalue weighted by atomic mass is 10.1. The van der Waals surface area contributed by atoms with Crippen molar-refractivity contribution in [3.63, 3.8) is 0 Å². The molecule has 3 aromatic carbocycles. The first kappa shape index (κ1) is 22.8. The van der Waals surface area contributed by atoms with Gasteiger partial charge in [-0.25, -0.2) is 9.29 Å². The summed E-state index contributed by atoms with van der Waals surface area (Å²) in [4.78, 5) is 53.3. The van der Waals surface area contributed by atoms with Crippen molar-refractivity contribution in [3.8, 4) is 0 Å². The molecule has 1 aliphatic heterocycles. The third-order valence-corrected chi connectivity index (χ3v) is 5.49. The summed E-state index contributed by atoms with van der Waals surface area (Å²) >= 11 is 0. The van der Waals surface area contributed by atoms with Crippen LogP contribution in [0.3, 0.4) is 0 Å². The molecule has 0 aliphatic carbocycles. The highest BCUT2D eigenvalue weighted by Gasteiger charge is 2.44. The molecule has 34 heavy (non-hydrogen) atoms. The van der Waals surface area contributed by atoms with Crippen LogP contribution in [-0.4, -0.2) is 34.6 Å². The lowest BCUT2D eigenvalue weighted by molar-refractivity contribution is -0.122. The second kappa shape index (κ2) is 9.66. The quantitative estimate of drug-likeness (QED) is 0.569. The van der Waals surface area contributed by atoms with Crippen LogP contribution < -0.4 is 10.2 Å². The Labute approximate surface area is 195 Å². The number of anilines is 2. The van der Waals surface area contributed by atoms with Gasteiger partial charge in [-0.2, -0.15) is 0 Å². The van der Waals surface area contributed by atoms with Crippen LogP contribution in [0.15, 0.2) is 78.9 Å². The molecule has 0 radical (unpaired) electrons. The SMILES string of the molecule is CC(=O)Nc1ccc(N2C(=O)CC(N(Cc3ccccc3)C(=O)c3ccc(F)cc3)C2=O)cc1. The molecule has 1 aliphatic rings. The Kier molecular flexibility index (Phi) is 6.49. The molecule has 1 saturated heterocycles. The molecular formula is C26H22FN3O4. The van der Waals surface area contributed by atoms with E-state index in [0.717, 1.165) is 10.5 Å². The van der Waals surface area contributed by atoms with Gasteiger partial charge in [0.05, 0.1) is 12.1 Å². The zero-order valence-corrected chi connectivity index (χ0v) is 18.4. The van der Waals surface area contributed by atoms with Crippen LogP contribution in [0.25, 0.3) is 0 Å². The highest BCUT2D eigenvalue weighted by atomic mass is 19.1. The molecule has 7 nitrogen and oxygen atoms in total. The molecule has 4 rings (SSSR count). The Hall–Kier alpha value is -4.33. The second-order valence-electron chi connectivity index (χ2n) is 7.94. The van der Waals surface area contributed by atoms with E-state index in [9.17, 15) is 23.6 Å².